The molecule has 1 spiro atoms. The van der Waals surface area contributed by atoms with Crippen LogP contribution in [0.1, 0.15) is 26.3 Å². The highest BCUT2D eigenvalue weighted by Gasteiger charge is 2.50. The van der Waals surface area contributed by atoms with Gasteiger partial charge in [0.15, 0.2) is 5.13 Å². The molecule has 5 heterocycles. The number of pyridine rings is 1. The van der Waals surface area contributed by atoms with Gasteiger partial charge in [-0.1, -0.05) is 23.5 Å². The minimum Gasteiger partial charge on any atom is -0.443 e. The van der Waals surface area contributed by atoms with Crippen molar-refractivity contribution in [3.8, 4) is 27.8 Å². The molecular weight excluding hydrogens is 516 g/mol. The van der Waals surface area contributed by atoms with Crippen molar-refractivity contribution in [2.45, 2.75) is 26.4 Å². The van der Waals surface area contributed by atoms with Crippen LogP contribution in [0.3, 0.4) is 0 Å². The molecule has 2 aliphatic rings. The number of nitrogens with zero attached hydrogens (tertiary/aromatic N) is 5. The number of hydrogen-bond acceptors (Lipinski definition) is 8. The zero-order valence-corrected chi connectivity index (χ0v) is 22.5. The zero-order valence-electron chi connectivity index (χ0n) is 21.7. The fourth-order valence-corrected chi connectivity index (χ4v) is 5.85. The smallest absolute Gasteiger partial charge is 0.420 e. The van der Waals surface area contributed by atoms with Gasteiger partial charge >= 0.3 is 12.1 Å². The fraction of sp³-hybridized carbons (Fsp3) is 0.321. The molecule has 39 heavy (non-hydrogen) atoms. The summed E-state index contributed by atoms with van der Waals surface area (Å²) in [7, 11) is 0. The highest BCUT2D eigenvalue weighted by atomic mass is 32.1. The Morgan fingerprint density at radius 1 is 1.21 bits per heavy atom. The van der Waals surface area contributed by atoms with Crippen molar-refractivity contribution in [3.63, 3.8) is 0 Å². The number of carbonyl (C=O) groups is 2. The molecule has 1 N–H and O–H groups in total. The van der Waals surface area contributed by atoms with Crippen molar-refractivity contribution in [2.24, 2.45) is 5.41 Å². The number of benzene rings is 1. The number of amides is 2. The summed E-state index contributed by atoms with van der Waals surface area (Å²) in [5.41, 5.74) is 2.57. The lowest BCUT2D eigenvalue weighted by Gasteiger charge is -2.54. The van der Waals surface area contributed by atoms with Crippen LogP contribution in [-0.2, 0) is 9.47 Å². The summed E-state index contributed by atoms with van der Waals surface area (Å²) < 4.78 is 12.2. The van der Waals surface area contributed by atoms with E-state index < -0.39 is 11.7 Å². The Kier molecular flexibility index (Phi) is 5.89. The highest BCUT2D eigenvalue weighted by Crippen LogP contribution is 2.43. The van der Waals surface area contributed by atoms with E-state index in [0.717, 1.165) is 21.4 Å². The van der Waals surface area contributed by atoms with Crippen molar-refractivity contribution in [1.82, 2.24) is 19.4 Å². The zero-order chi connectivity index (χ0) is 27.4. The van der Waals surface area contributed by atoms with Gasteiger partial charge in [-0.25, -0.2) is 24.1 Å². The second-order valence-corrected chi connectivity index (χ2v) is 11.9. The molecule has 2 fully saturated rings. The van der Waals surface area contributed by atoms with Crippen LogP contribution in [0.15, 0.2) is 48.8 Å². The molecule has 3 aromatic heterocycles. The molecule has 2 saturated heterocycles. The first-order valence-corrected chi connectivity index (χ1v) is 13.3. The lowest BCUT2D eigenvalue weighted by atomic mass is 9.78. The van der Waals surface area contributed by atoms with Crippen LogP contribution in [0.5, 0.6) is 0 Å². The number of nitrogens with one attached hydrogen (secondary N) is 1. The van der Waals surface area contributed by atoms with E-state index >= 15 is 0 Å². The average Bonchev–Trinajstić information content (AvgIpc) is 3.46. The Bertz CT molecular complexity index is 1650. The SMILES string of the molecule is CC(C)(C)OC(=O)n1ccc2c(-c3sc(NC(=O)N4CC5(COC5)C4)nc3-c3cccc(C#N)c3)ccnc21. The van der Waals surface area contributed by atoms with Gasteiger partial charge in [0.1, 0.15) is 11.2 Å². The second-order valence-electron chi connectivity index (χ2n) is 10.9. The van der Waals surface area contributed by atoms with E-state index in [1.54, 1.807) is 35.5 Å². The minimum atomic E-state index is -0.656. The Hall–Kier alpha value is -4.27. The second kappa shape index (κ2) is 9.18. The van der Waals surface area contributed by atoms with Crippen molar-refractivity contribution in [2.75, 3.05) is 31.6 Å². The molecule has 11 heteroatoms. The van der Waals surface area contributed by atoms with Gasteiger partial charge in [0, 0.05) is 42.0 Å². The lowest BCUT2D eigenvalue weighted by Crippen LogP contribution is -2.67. The standard InChI is InChI=1S/C28H26N6O4S/c1-27(2,3)38-26(36)34-10-8-20-19(7-9-30-23(20)34)22-21(18-6-4-5-17(11-18)12-29)31-24(39-22)32-25(35)33-13-28(14-33)15-37-16-28/h4-11H,13-16H2,1-3H3,(H,31,32,35). The van der Waals surface area contributed by atoms with Gasteiger partial charge in [-0.3, -0.25) is 5.32 Å². The Morgan fingerprint density at radius 2 is 2.00 bits per heavy atom. The molecule has 1 aromatic carbocycles. The number of urea groups is 1. The summed E-state index contributed by atoms with van der Waals surface area (Å²) >= 11 is 1.33. The predicted molar refractivity (Wildman–Crippen MR) is 146 cm³/mol. The molecule has 0 saturated carbocycles. The van der Waals surface area contributed by atoms with Gasteiger partial charge in [0.25, 0.3) is 0 Å². The van der Waals surface area contributed by atoms with E-state index in [9.17, 15) is 14.9 Å². The van der Waals surface area contributed by atoms with E-state index in [2.05, 4.69) is 16.4 Å². The maximum absolute atomic E-state index is 13.0. The van der Waals surface area contributed by atoms with Gasteiger partial charge in [-0.15, -0.1) is 0 Å². The molecular formula is C28H26N6O4S. The maximum Gasteiger partial charge on any atom is 0.420 e. The minimum absolute atomic E-state index is 0.109. The van der Waals surface area contributed by atoms with Crippen molar-refractivity contribution in [3.05, 3.63) is 54.4 Å². The van der Waals surface area contributed by atoms with Crippen molar-refractivity contribution in [1.29, 1.82) is 5.26 Å². The molecule has 2 aliphatic heterocycles. The molecule has 0 aliphatic carbocycles. The van der Waals surface area contributed by atoms with E-state index in [0.29, 0.717) is 48.3 Å². The molecule has 0 unspecified atom stereocenters. The summed E-state index contributed by atoms with van der Waals surface area (Å²) in [6.07, 6.45) is 2.75. The number of rotatable bonds is 3. The number of anilines is 1. The molecule has 198 valence electrons. The van der Waals surface area contributed by atoms with Crippen molar-refractivity contribution >= 4 is 39.6 Å². The van der Waals surface area contributed by atoms with Crippen LogP contribution in [0, 0.1) is 16.7 Å². The van der Waals surface area contributed by atoms with Crippen LogP contribution in [0.4, 0.5) is 14.7 Å². The normalized spacial score (nSPS) is 15.9. The molecule has 0 radical (unpaired) electrons. The largest absolute Gasteiger partial charge is 0.443 e. The molecule has 4 aromatic rings. The van der Waals surface area contributed by atoms with E-state index in [1.165, 1.54) is 15.9 Å². The van der Waals surface area contributed by atoms with Crippen LogP contribution >= 0.6 is 11.3 Å². The van der Waals surface area contributed by atoms with E-state index in [1.807, 2.05) is 39.0 Å². The highest BCUT2D eigenvalue weighted by molar-refractivity contribution is 7.19. The van der Waals surface area contributed by atoms with Gasteiger partial charge in [0.05, 0.1) is 40.8 Å². The molecule has 0 atom stereocenters. The summed E-state index contributed by atoms with van der Waals surface area (Å²) in [5, 5.41) is 13.6. The summed E-state index contributed by atoms with van der Waals surface area (Å²) in [6.45, 7) is 8.14. The van der Waals surface area contributed by atoms with Crippen LogP contribution in [0.25, 0.3) is 32.7 Å². The van der Waals surface area contributed by atoms with Crippen LogP contribution in [-0.4, -0.2) is 63.5 Å². The van der Waals surface area contributed by atoms with Gasteiger partial charge in [0.2, 0.25) is 0 Å². The third-order valence-electron chi connectivity index (χ3n) is 6.68. The predicted octanol–water partition coefficient (Wildman–Crippen LogP) is 5.35. The number of likely N-dealkylation sites (tertiary alicyclic amines) is 1. The molecule has 6 rings (SSSR count). The Balaban J connectivity index is 1.39. The topological polar surface area (TPSA) is 122 Å². The first kappa shape index (κ1) is 25.0. The third-order valence-corrected chi connectivity index (χ3v) is 7.69. The van der Waals surface area contributed by atoms with E-state index in [4.69, 9.17) is 14.5 Å². The number of hydrogen-bond donors (Lipinski definition) is 1. The van der Waals surface area contributed by atoms with Gasteiger partial charge in [-0.05, 0) is 45.0 Å². The molecule has 10 nitrogen and oxygen atoms in total. The fourth-order valence-electron chi connectivity index (χ4n) is 4.83. The maximum atomic E-state index is 13.0. The van der Waals surface area contributed by atoms with Crippen molar-refractivity contribution < 1.29 is 19.1 Å². The number of fused-ring (bicyclic) bond motifs is 1. The van der Waals surface area contributed by atoms with Gasteiger partial charge < -0.3 is 14.4 Å². The quantitative estimate of drug-likeness (QED) is 0.370. The average molecular weight is 543 g/mol. The number of ether oxygens (including phenoxy) is 2. The monoisotopic (exact) mass is 542 g/mol. The number of aromatic nitrogens is 3. The van der Waals surface area contributed by atoms with Crippen LogP contribution in [0.2, 0.25) is 0 Å². The summed E-state index contributed by atoms with van der Waals surface area (Å²) in [6, 6.07) is 12.8. The number of carbonyl (C=O) groups excluding carboxylic acids is 2. The number of nitriles is 1. The summed E-state index contributed by atoms with van der Waals surface area (Å²) in [5.74, 6) is 0. The molecule has 2 amide bonds. The third kappa shape index (κ3) is 4.62. The van der Waals surface area contributed by atoms with E-state index in [-0.39, 0.29) is 11.4 Å². The molecule has 0 bridgehead atoms. The lowest BCUT2D eigenvalue weighted by molar-refractivity contribution is -0.174. The summed E-state index contributed by atoms with van der Waals surface area (Å²) in [4.78, 5) is 37.6. The Labute approximate surface area is 228 Å². The first-order valence-electron chi connectivity index (χ1n) is 12.5. The van der Waals surface area contributed by atoms with Gasteiger partial charge in [-0.2, -0.15) is 5.26 Å². The first-order chi connectivity index (χ1) is 18.6. The number of thiazole rings is 1. The van der Waals surface area contributed by atoms with Crippen LogP contribution < -0.4 is 5.32 Å². The Morgan fingerprint density at radius 3 is 2.69 bits per heavy atom.